The molecule has 5 nitrogen and oxygen atoms in total. The van der Waals surface area contributed by atoms with Crippen molar-refractivity contribution in [1.82, 2.24) is 15.3 Å². The first-order valence-electron chi connectivity index (χ1n) is 7.00. The van der Waals surface area contributed by atoms with E-state index in [0.717, 1.165) is 34.2 Å². The second-order valence-electron chi connectivity index (χ2n) is 4.83. The summed E-state index contributed by atoms with van der Waals surface area (Å²) in [5.74, 6) is -0.118. The predicted molar refractivity (Wildman–Crippen MR) is 85.8 cm³/mol. The molecule has 2 aromatic rings. The third-order valence-corrected chi connectivity index (χ3v) is 3.86. The summed E-state index contributed by atoms with van der Waals surface area (Å²) in [7, 11) is 0. The molecule has 0 spiro atoms. The van der Waals surface area contributed by atoms with E-state index in [2.05, 4.69) is 27.5 Å². The summed E-state index contributed by atoms with van der Waals surface area (Å²) >= 11 is 1.59. The van der Waals surface area contributed by atoms with Crippen molar-refractivity contribution in [2.75, 3.05) is 11.9 Å². The van der Waals surface area contributed by atoms with Gasteiger partial charge in [-0.25, -0.2) is 4.98 Å². The van der Waals surface area contributed by atoms with Gasteiger partial charge in [-0.15, -0.1) is 11.3 Å². The molecule has 0 radical (unpaired) electrons. The van der Waals surface area contributed by atoms with Crippen molar-refractivity contribution in [3.8, 4) is 0 Å². The van der Waals surface area contributed by atoms with Crippen LogP contribution < -0.4 is 10.6 Å². The second kappa shape index (κ2) is 7.17. The Labute approximate surface area is 128 Å². The first-order chi connectivity index (χ1) is 10.1. The number of hydrogen-bond donors (Lipinski definition) is 2. The molecule has 0 aromatic carbocycles. The standard InChI is InChI=1S/C15H20N4OS/c1-4-5-16-14-6-10(2)17-9-13(14)15(20)19-8-12-7-18-11(3)21-12/h6-7,9H,4-5,8H2,1-3H3,(H,16,17)(H,19,20). The van der Waals surface area contributed by atoms with Gasteiger partial charge in [-0.1, -0.05) is 6.92 Å². The summed E-state index contributed by atoms with van der Waals surface area (Å²) in [4.78, 5) is 21.8. The lowest BCUT2D eigenvalue weighted by atomic mass is 10.2. The molecule has 6 heteroatoms. The summed E-state index contributed by atoms with van der Waals surface area (Å²) in [6, 6.07) is 1.90. The lowest BCUT2D eigenvalue weighted by Gasteiger charge is -2.11. The molecule has 2 aromatic heterocycles. The van der Waals surface area contributed by atoms with Crippen LogP contribution in [-0.4, -0.2) is 22.4 Å². The number of hydrogen-bond acceptors (Lipinski definition) is 5. The van der Waals surface area contributed by atoms with Crippen molar-refractivity contribution in [2.45, 2.75) is 33.7 Å². The average Bonchev–Trinajstić information content (AvgIpc) is 2.88. The Morgan fingerprint density at radius 1 is 1.29 bits per heavy atom. The van der Waals surface area contributed by atoms with Gasteiger partial charge in [0.05, 0.1) is 22.8 Å². The minimum Gasteiger partial charge on any atom is -0.384 e. The molecule has 0 bridgehead atoms. The van der Waals surface area contributed by atoms with Crippen molar-refractivity contribution in [2.24, 2.45) is 0 Å². The Kier molecular flexibility index (Phi) is 5.27. The number of thiazole rings is 1. The molecule has 0 aliphatic rings. The zero-order valence-corrected chi connectivity index (χ0v) is 13.4. The maximum Gasteiger partial charge on any atom is 0.255 e. The highest BCUT2D eigenvalue weighted by molar-refractivity contribution is 7.11. The van der Waals surface area contributed by atoms with Crippen LogP contribution in [0, 0.1) is 13.8 Å². The van der Waals surface area contributed by atoms with E-state index in [4.69, 9.17) is 0 Å². The molecule has 0 saturated heterocycles. The zero-order chi connectivity index (χ0) is 15.2. The van der Waals surface area contributed by atoms with Crippen molar-refractivity contribution < 1.29 is 4.79 Å². The van der Waals surface area contributed by atoms with Crippen LogP contribution in [-0.2, 0) is 6.54 Å². The van der Waals surface area contributed by atoms with E-state index >= 15 is 0 Å². The number of nitrogens with one attached hydrogen (secondary N) is 2. The number of anilines is 1. The summed E-state index contributed by atoms with van der Waals surface area (Å²) in [6.45, 7) is 7.28. The van der Waals surface area contributed by atoms with Gasteiger partial charge in [0, 0.05) is 29.5 Å². The molecule has 0 aliphatic heterocycles. The molecule has 2 rings (SSSR count). The van der Waals surface area contributed by atoms with Crippen LogP contribution in [0.3, 0.4) is 0 Å². The van der Waals surface area contributed by atoms with Gasteiger partial charge < -0.3 is 10.6 Å². The highest BCUT2D eigenvalue weighted by Gasteiger charge is 2.12. The maximum absolute atomic E-state index is 12.3. The lowest BCUT2D eigenvalue weighted by molar-refractivity contribution is 0.0951. The van der Waals surface area contributed by atoms with Crippen LogP contribution in [0.15, 0.2) is 18.5 Å². The van der Waals surface area contributed by atoms with Gasteiger partial charge in [-0.2, -0.15) is 0 Å². The maximum atomic E-state index is 12.3. The van der Waals surface area contributed by atoms with Crippen LogP contribution in [0.2, 0.25) is 0 Å². The molecule has 1 amide bonds. The van der Waals surface area contributed by atoms with Crippen LogP contribution in [0.25, 0.3) is 0 Å². The van der Waals surface area contributed by atoms with Gasteiger partial charge in [-0.3, -0.25) is 9.78 Å². The van der Waals surface area contributed by atoms with E-state index in [9.17, 15) is 4.79 Å². The Morgan fingerprint density at radius 2 is 2.10 bits per heavy atom. The smallest absolute Gasteiger partial charge is 0.255 e. The fourth-order valence-corrected chi connectivity index (χ4v) is 2.63. The highest BCUT2D eigenvalue weighted by atomic mass is 32.1. The van der Waals surface area contributed by atoms with Crippen molar-refractivity contribution in [3.63, 3.8) is 0 Å². The number of nitrogens with zero attached hydrogens (tertiary/aromatic N) is 2. The largest absolute Gasteiger partial charge is 0.384 e. The number of aromatic nitrogens is 2. The zero-order valence-electron chi connectivity index (χ0n) is 12.6. The van der Waals surface area contributed by atoms with E-state index in [1.165, 1.54) is 0 Å². The average molecular weight is 304 g/mol. The molecule has 0 unspecified atom stereocenters. The molecular weight excluding hydrogens is 284 g/mol. The number of aryl methyl sites for hydroxylation is 2. The van der Waals surface area contributed by atoms with E-state index in [1.54, 1.807) is 23.7 Å². The molecule has 21 heavy (non-hydrogen) atoms. The fourth-order valence-electron chi connectivity index (χ4n) is 1.90. The molecule has 0 aliphatic carbocycles. The van der Waals surface area contributed by atoms with Crippen molar-refractivity contribution >= 4 is 22.9 Å². The van der Waals surface area contributed by atoms with Crippen LogP contribution in [0.5, 0.6) is 0 Å². The summed E-state index contributed by atoms with van der Waals surface area (Å²) < 4.78 is 0. The molecule has 0 saturated carbocycles. The van der Waals surface area contributed by atoms with Crippen LogP contribution in [0.4, 0.5) is 5.69 Å². The minimum absolute atomic E-state index is 0.118. The molecule has 0 atom stereocenters. The Balaban J connectivity index is 2.07. The quantitative estimate of drug-likeness (QED) is 0.861. The van der Waals surface area contributed by atoms with E-state index < -0.39 is 0 Å². The third kappa shape index (κ3) is 4.26. The molecule has 112 valence electrons. The van der Waals surface area contributed by atoms with Gasteiger partial charge in [0.15, 0.2) is 0 Å². The van der Waals surface area contributed by atoms with Gasteiger partial charge in [0.2, 0.25) is 0 Å². The molecule has 2 heterocycles. The van der Waals surface area contributed by atoms with Gasteiger partial charge in [0.1, 0.15) is 0 Å². The van der Waals surface area contributed by atoms with Crippen molar-refractivity contribution in [3.05, 3.63) is 39.6 Å². The first-order valence-corrected chi connectivity index (χ1v) is 7.81. The minimum atomic E-state index is -0.118. The fraction of sp³-hybridized carbons (Fsp3) is 0.400. The third-order valence-electron chi connectivity index (χ3n) is 2.94. The van der Waals surface area contributed by atoms with Gasteiger partial charge in [0.25, 0.3) is 5.91 Å². The monoisotopic (exact) mass is 304 g/mol. The number of rotatable bonds is 6. The van der Waals surface area contributed by atoms with Gasteiger partial charge >= 0.3 is 0 Å². The second-order valence-corrected chi connectivity index (χ2v) is 6.15. The van der Waals surface area contributed by atoms with Gasteiger partial charge in [-0.05, 0) is 26.3 Å². The van der Waals surface area contributed by atoms with Crippen LogP contribution in [0.1, 0.15) is 39.3 Å². The number of carbonyl (C=O) groups excluding carboxylic acids is 1. The van der Waals surface area contributed by atoms with E-state index in [0.29, 0.717) is 12.1 Å². The normalized spacial score (nSPS) is 10.4. The number of carbonyl (C=O) groups is 1. The lowest BCUT2D eigenvalue weighted by Crippen LogP contribution is -2.24. The van der Waals surface area contributed by atoms with E-state index in [-0.39, 0.29) is 5.91 Å². The first kappa shape index (κ1) is 15.4. The van der Waals surface area contributed by atoms with E-state index in [1.807, 2.05) is 19.9 Å². The molecule has 0 fully saturated rings. The summed E-state index contributed by atoms with van der Waals surface area (Å²) in [5.41, 5.74) is 2.31. The number of amides is 1. The SMILES string of the molecule is CCCNc1cc(C)ncc1C(=O)NCc1cnc(C)s1. The highest BCUT2D eigenvalue weighted by Crippen LogP contribution is 2.16. The topological polar surface area (TPSA) is 66.9 Å². The Morgan fingerprint density at radius 3 is 2.76 bits per heavy atom. The molecule has 2 N–H and O–H groups in total. The summed E-state index contributed by atoms with van der Waals surface area (Å²) in [5, 5.41) is 7.19. The molecular formula is C15H20N4OS. The van der Waals surface area contributed by atoms with Crippen LogP contribution >= 0.6 is 11.3 Å². The Bertz CT molecular complexity index is 624. The Hall–Kier alpha value is -1.95. The predicted octanol–water partition coefficient (Wildman–Crippen LogP) is 2.91. The van der Waals surface area contributed by atoms with Crippen molar-refractivity contribution in [1.29, 1.82) is 0 Å². The number of pyridine rings is 1. The summed E-state index contributed by atoms with van der Waals surface area (Å²) in [6.07, 6.45) is 4.42.